The van der Waals surface area contributed by atoms with E-state index in [-0.39, 0.29) is 17.7 Å². The summed E-state index contributed by atoms with van der Waals surface area (Å²) in [5.41, 5.74) is 1.92. The van der Waals surface area contributed by atoms with Crippen LogP contribution in [-0.2, 0) is 4.74 Å². The molecule has 18 heavy (non-hydrogen) atoms. The normalized spacial score (nSPS) is 15.6. The number of benzene rings is 1. The summed E-state index contributed by atoms with van der Waals surface area (Å²) >= 11 is 0. The predicted molar refractivity (Wildman–Crippen MR) is 66.8 cm³/mol. The lowest BCUT2D eigenvalue weighted by Crippen LogP contribution is -2.26. The fourth-order valence-electron chi connectivity index (χ4n) is 2.37. The van der Waals surface area contributed by atoms with Crippen LogP contribution in [0, 0.1) is 0 Å². The SMILES string of the molecule is COC(=O)c1ccc2[nH]c(=O)n(C3CCC3)c2c1. The van der Waals surface area contributed by atoms with E-state index in [1.54, 1.807) is 22.8 Å². The number of fused-ring (bicyclic) bond motifs is 1. The smallest absolute Gasteiger partial charge is 0.337 e. The van der Waals surface area contributed by atoms with Gasteiger partial charge in [0.25, 0.3) is 0 Å². The van der Waals surface area contributed by atoms with Crippen molar-refractivity contribution in [2.24, 2.45) is 0 Å². The minimum Gasteiger partial charge on any atom is -0.465 e. The summed E-state index contributed by atoms with van der Waals surface area (Å²) in [6.07, 6.45) is 3.20. The quantitative estimate of drug-likeness (QED) is 0.822. The van der Waals surface area contributed by atoms with Crippen LogP contribution in [-0.4, -0.2) is 22.6 Å². The van der Waals surface area contributed by atoms with Gasteiger partial charge in [-0.1, -0.05) is 0 Å². The number of hydrogen-bond acceptors (Lipinski definition) is 3. The second-order valence-electron chi connectivity index (χ2n) is 4.61. The van der Waals surface area contributed by atoms with Gasteiger partial charge in [0, 0.05) is 6.04 Å². The number of nitrogens with zero attached hydrogens (tertiary/aromatic N) is 1. The molecule has 1 fully saturated rings. The molecule has 1 saturated carbocycles. The van der Waals surface area contributed by atoms with Crippen molar-refractivity contribution in [3.8, 4) is 0 Å². The van der Waals surface area contributed by atoms with Gasteiger partial charge in [-0.05, 0) is 37.5 Å². The maximum Gasteiger partial charge on any atom is 0.337 e. The van der Waals surface area contributed by atoms with Crippen molar-refractivity contribution < 1.29 is 9.53 Å². The lowest BCUT2D eigenvalue weighted by molar-refractivity contribution is 0.0601. The monoisotopic (exact) mass is 246 g/mol. The summed E-state index contributed by atoms with van der Waals surface area (Å²) in [4.78, 5) is 26.2. The molecule has 0 bridgehead atoms. The zero-order chi connectivity index (χ0) is 12.7. The summed E-state index contributed by atoms with van der Waals surface area (Å²) < 4.78 is 6.45. The molecule has 0 unspecified atom stereocenters. The molecule has 5 heteroatoms. The van der Waals surface area contributed by atoms with Crippen molar-refractivity contribution in [3.05, 3.63) is 34.2 Å². The minimum absolute atomic E-state index is 0.100. The van der Waals surface area contributed by atoms with Crippen molar-refractivity contribution in [2.75, 3.05) is 7.11 Å². The fraction of sp³-hybridized carbons (Fsp3) is 0.385. The largest absolute Gasteiger partial charge is 0.465 e. The lowest BCUT2D eigenvalue weighted by atomic mass is 9.93. The number of hydrogen-bond donors (Lipinski definition) is 1. The Labute approximate surface area is 103 Å². The number of methoxy groups -OCH3 is 1. The summed E-state index contributed by atoms with van der Waals surface area (Å²) in [5.74, 6) is -0.384. The number of aromatic nitrogens is 2. The van der Waals surface area contributed by atoms with Crippen molar-refractivity contribution in [2.45, 2.75) is 25.3 Å². The van der Waals surface area contributed by atoms with Crippen molar-refractivity contribution >= 4 is 17.0 Å². The first kappa shape index (κ1) is 11.1. The Hall–Kier alpha value is -2.04. The molecule has 1 aliphatic carbocycles. The molecule has 3 rings (SSSR count). The number of ether oxygens (including phenoxy) is 1. The van der Waals surface area contributed by atoms with Gasteiger partial charge in [-0.25, -0.2) is 9.59 Å². The minimum atomic E-state index is -0.384. The van der Waals surface area contributed by atoms with Gasteiger partial charge in [-0.15, -0.1) is 0 Å². The van der Waals surface area contributed by atoms with E-state index in [1.165, 1.54) is 7.11 Å². The summed E-state index contributed by atoms with van der Waals surface area (Å²) in [7, 11) is 1.35. The Morgan fingerprint density at radius 3 is 2.83 bits per heavy atom. The molecular formula is C13H14N2O3. The Morgan fingerprint density at radius 2 is 2.22 bits per heavy atom. The zero-order valence-electron chi connectivity index (χ0n) is 10.1. The van der Waals surface area contributed by atoms with E-state index < -0.39 is 0 Å². The highest BCUT2D eigenvalue weighted by molar-refractivity contribution is 5.93. The van der Waals surface area contributed by atoms with Crippen molar-refractivity contribution in [1.29, 1.82) is 0 Å². The molecule has 94 valence electrons. The van der Waals surface area contributed by atoms with Gasteiger partial charge >= 0.3 is 11.7 Å². The number of H-pyrrole nitrogens is 1. The fourth-order valence-corrected chi connectivity index (χ4v) is 2.37. The first-order valence-electron chi connectivity index (χ1n) is 6.03. The molecule has 1 N–H and O–H groups in total. The standard InChI is InChI=1S/C13H14N2O3/c1-18-12(16)8-5-6-10-11(7-8)15(13(17)14-10)9-3-2-4-9/h5-7,9H,2-4H2,1H3,(H,14,17). The number of carbonyl (C=O) groups excluding carboxylic acids is 1. The molecule has 5 nitrogen and oxygen atoms in total. The van der Waals surface area contributed by atoms with Crippen LogP contribution < -0.4 is 5.69 Å². The highest BCUT2D eigenvalue weighted by Gasteiger charge is 2.23. The number of rotatable bonds is 2. The molecular weight excluding hydrogens is 232 g/mol. The van der Waals surface area contributed by atoms with Crippen LogP contribution in [0.15, 0.2) is 23.0 Å². The molecule has 1 aromatic carbocycles. The molecule has 1 aromatic heterocycles. The third kappa shape index (κ3) is 1.54. The first-order chi connectivity index (χ1) is 8.70. The highest BCUT2D eigenvalue weighted by atomic mass is 16.5. The van der Waals surface area contributed by atoms with Gasteiger partial charge < -0.3 is 9.72 Å². The lowest BCUT2D eigenvalue weighted by Gasteiger charge is -2.26. The van der Waals surface area contributed by atoms with Gasteiger partial charge in [0.15, 0.2) is 0 Å². The maximum atomic E-state index is 11.9. The summed E-state index contributed by atoms with van der Waals surface area (Å²) in [6.45, 7) is 0. The molecule has 0 spiro atoms. The third-order valence-electron chi connectivity index (χ3n) is 3.58. The van der Waals surface area contributed by atoms with Gasteiger partial charge in [0.1, 0.15) is 0 Å². The van der Waals surface area contributed by atoms with E-state index in [4.69, 9.17) is 4.74 Å². The van der Waals surface area contributed by atoms with Crippen LogP contribution in [0.1, 0.15) is 35.7 Å². The Kier molecular flexibility index (Phi) is 2.47. The van der Waals surface area contributed by atoms with Crippen LogP contribution in [0.25, 0.3) is 11.0 Å². The van der Waals surface area contributed by atoms with Crippen LogP contribution in [0.5, 0.6) is 0 Å². The van der Waals surface area contributed by atoms with E-state index in [2.05, 4.69) is 4.98 Å². The Bertz CT molecular complexity index is 664. The first-order valence-corrected chi connectivity index (χ1v) is 6.03. The van der Waals surface area contributed by atoms with E-state index in [0.29, 0.717) is 5.56 Å². The van der Waals surface area contributed by atoms with E-state index >= 15 is 0 Å². The molecule has 0 saturated heterocycles. The van der Waals surface area contributed by atoms with Gasteiger partial charge in [0.05, 0.1) is 23.7 Å². The molecule has 0 radical (unpaired) electrons. The molecule has 1 heterocycles. The second kappa shape index (κ2) is 4.01. The van der Waals surface area contributed by atoms with Gasteiger partial charge in [-0.2, -0.15) is 0 Å². The van der Waals surface area contributed by atoms with Gasteiger partial charge in [-0.3, -0.25) is 4.57 Å². The topological polar surface area (TPSA) is 64.1 Å². The number of aromatic amines is 1. The molecule has 1 aliphatic rings. The van der Waals surface area contributed by atoms with Crippen LogP contribution in [0.3, 0.4) is 0 Å². The summed E-state index contributed by atoms with van der Waals surface area (Å²) in [6, 6.07) is 5.39. The van der Waals surface area contributed by atoms with E-state index in [9.17, 15) is 9.59 Å². The Balaban J connectivity index is 2.18. The Morgan fingerprint density at radius 1 is 1.44 bits per heavy atom. The summed E-state index contributed by atoms with van der Waals surface area (Å²) in [5, 5.41) is 0. The average Bonchev–Trinajstić information content (AvgIpc) is 2.63. The molecule has 0 amide bonds. The highest BCUT2D eigenvalue weighted by Crippen LogP contribution is 2.32. The zero-order valence-corrected chi connectivity index (χ0v) is 10.1. The van der Waals surface area contributed by atoms with Crippen LogP contribution in [0.2, 0.25) is 0 Å². The van der Waals surface area contributed by atoms with Gasteiger partial charge in [0.2, 0.25) is 0 Å². The number of esters is 1. The average molecular weight is 246 g/mol. The number of carbonyl (C=O) groups is 1. The van der Waals surface area contributed by atoms with Crippen molar-refractivity contribution in [1.82, 2.24) is 9.55 Å². The molecule has 0 atom stereocenters. The maximum absolute atomic E-state index is 11.9. The van der Waals surface area contributed by atoms with E-state index in [0.717, 1.165) is 30.3 Å². The number of nitrogens with one attached hydrogen (secondary N) is 1. The third-order valence-corrected chi connectivity index (χ3v) is 3.58. The number of imidazole rings is 1. The second-order valence-corrected chi connectivity index (χ2v) is 4.61. The van der Waals surface area contributed by atoms with Crippen LogP contribution >= 0.6 is 0 Å². The molecule has 0 aliphatic heterocycles. The van der Waals surface area contributed by atoms with E-state index in [1.807, 2.05) is 0 Å². The van der Waals surface area contributed by atoms with Crippen molar-refractivity contribution in [3.63, 3.8) is 0 Å². The van der Waals surface area contributed by atoms with Crippen LogP contribution in [0.4, 0.5) is 0 Å². The predicted octanol–water partition coefficient (Wildman–Crippen LogP) is 1.84. The molecule has 2 aromatic rings.